The highest BCUT2D eigenvalue weighted by atomic mass is 15.1. The first-order valence-electron chi connectivity index (χ1n) is 8.72. The minimum atomic E-state index is 0.440. The molecule has 0 atom stereocenters. The van der Waals surface area contributed by atoms with Crippen molar-refractivity contribution in [3.05, 3.63) is 0 Å². The molecule has 19 heavy (non-hydrogen) atoms. The smallest absolute Gasteiger partial charge is 0.00299 e. The molecule has 0 heterocycles. The van der Waals surface area contributed by atoms with Crippen LogP contribution in [0, 0.1) is 5.41 Å². The van der Waals surface area contributed by atoms with Crippen LogP contribution in [0.4, 0.5) is 0 Å². The Bertz CT molecular complexity index is 181. The van der Waals surface area contributed by atoms with Crippen molar-refractivity contribution in [3.63, 3.8) is 0 Å². The first-order chi connectivity index (χ1) is 8.99. The molecule has 0 aromatic carbocycles. The van der Waals surface area contributed by atoms with Gasteiger partial charge in [-0.1, -0.05) is 86.0 Å². The average molecular weight is 270 g/mol. The Balaban J connectivity index is 3.36. The zero-order valence-electron chi connectivity index (χ0n) is 14.4. The third kappa shape index (κ3) is 14.2. The second kappa shape index (κ2) is 11.8. The second-order valence-electron chi connectivity index (χ2n) is 7.26. The van der Waals surface area contributed by atoms with Gasteiger partial charge in [0, 0.05) is 6.54 Å². The molecule has 0 saturated carbocycles. The molecule has 0 saturated heterocycles. The number of nitrogens with zero attached hydrogens (tertiary/aromatic N) is 1. The summed E-state index contributed by atoms with van der Waals surface area (Å²) < 4.78 is 0. The van der Waals surface area contributed by atoms with Gasteiger partial charge in [0.15, 0.2) is 0 Å². The van der Waals surface area contributed by atoms with Crippen LogP contribution in [-0.2, 0) is 0 Å². The third-order valence-electron chi connectivity index (χ3n) is 3.72. The molecule has 0 aromatic heterocycles. The first kappa shape index (κ1) is 19.0. The molecule has 0 aliphatic rings. The fourth-order valence-electron chi connectivity index (χ4n) is 2.67. The molecule has 1 heteroatoms. The highest BCUT2D eigenvalue weighted by molar-refractivity contribution is 4.68. The average Bonchev–Trinajstić information content (AvgIpc) is 2.34. The van der Waals surface area contributed by atoms with Crippen LogP contribution >= 0.6 is 0 Å². The SMILES string of the molecule is CCCCCCCCCCCN(CC)CC(C)(C)C. The molecule has 0 bridgehead atoms. The standard InChI is InChI=1S/C18H39N/c1-6-8-9-10-11-12-13-14-15-16-19(7-2)17-18(3,4)5/h6-17H2,1-5H3. The van der Waals surface area contributed by atoms with Crippen LogP contribution in [0.5, 0.6) is 0 Å². The van der Waals surface area contributed by atoms with Crippen LogP contribution in [0.2, 0.25) is 0 Å². The van der Waals surface area contributed by atoms with E-state index in [0.717, 1.165) is 0 Å². The summed E-state index contributed by atoms with van der Waals surface area (Å²) in [7, 11) is 0. The van der Waals surface area contributed by atoms with Gasteiger partial charge in [0.05, 0.1) is 0 Å². The summed E-state index contributed by atoms with van der Waals surface area (Å²) in [5.41, 5.74) is 0.440. The van der Waals surface area contributed by atoms with Gasteiger partial charge < -0.3 is 4.90 Å². The Morgan fingerprint density at radius 2 is 1.16 bits per heavy atom. The number of unbranched alkanes of at least 4 members (excludes halogenated alkanes) is 8. The Hall–Kier alpha value is -0.0400. The van der Waals surface area contributed by atoms with Crippen molar-refractivity contribution in [2.24, 2.45) is 5.41 Å². The van der Waals surface area contributed by atoms with E-state index in [2.05, 4.69) is 39.5 Å². The molecule has 0 aliphatic heterocycles. The fraction of sp³-hybridized carbons (Fsp3) is 1.00. The highest BCUT2D eigenvalue weighted by Gasteiger charge is 2.14. The predicted molar refractivity (Wildman–Crippen MR) is 88.8 cm³/mol. The van der Waals surface area contributed by atoms with E-state index < -0.39 is 0 Å². The van der Waals surface area contributed by atoms with Gasteiger partial charge in [-0.25, -0.2) is 0 Å². The van der Waals surface area contributed by atoms with Crippen LogP contribution < -0.4 is 0 Å². The molecular weight excluding hydrogens is 230 g/mol. The monoisotopic (exact) mass is 269 g/mol. The van der Waals surface area contributed by atoms with E-state index in [-0.39, 0.29) is 0 Å². The quantitative estimate of drug-likeness (QED) is 0.400. The van der Waals surface area contributed by atoms with Crippen molar-refractivity contribution in [1.82, 2.24) is 4.90 Å². The van der Waals surface area contributed by atoms with E-state index in [1.165, 1.54) is 77.4 Å². The van der Waals surface area contributed by atoms with Gasteiger partial charge in [0.25, 0.3) is 0 Å². The fourth-order valence-corrected chi connectivity index (χ4v) is 2.67. The van der Waals surface area contributed by atoms with E-state index in [4.69, 9.17) is 0 Å². The van der Waals surface area contributed by atoms with Crippen LogP contribution in [0.1, 0.15) is 92.4 Å². The Morgan fingerprint density at radius 3 is 1.58 bits per heavy atom. The molecule has 0 fully saturated rings. The van der Waals surface area contributed by atoms with E-state index >= 15 is 0 Å². The zero-order chi connectivity index (χ0) is 14.6. The molecule has 0 spiro atoms. The Labute approximate surface area is 123 Å². The second-order valence-corrected chi connectivity index (χ2v) is 7.26. The van der Waals surface area contributed by atoms with Gasteiger partial charge in [-0.3, -0.25) is 0 Å². The van der Waals surface area contributed by atoms with Crippen LogP contribution in [0.25, 0.3) is 0 Å². The van der Waals surface area contributed by atoms with E-state index in [9.17, 15) is 0 Å². The Morgan fingerprint density at radius 1 is 0.684 bits per heavy atom. The van der Waals surface area contributed by atoms with Gasteiger partial charge in [0.1, 0.15) is 0 Å². The summed E-state index contributed by atoms with van der Waals surface area (Å²) >= 11 is 0. The molecule has 0 amide bonds. The minimum Gasteiger partial charge on any atom is -0.303 e. The maximum absolute atomic E-state index is 2.61. The van der Waals surface area contributed by atoms with Crippen molar-refractivity contribution >= 4 is 0 Å². The molecule has 0 rings (SSSR count). The predicted octanol–water partition coefficient (Wildman–Crippen LogP) is 5.89. The topological polar surface area (TPSA) is 3.24 Å². The number of hydrogen-bond donors (Lipinski definition) is 0. The molecule has 0 N–H and O–H groups in total. The van der Waals surface area contributed by atoms with Gasteiger partial charge in [-0.05, 0) is 24.9 Å². The van der Waals surface area contributed by atoms with Crippen molar-refractivity contribution in [2.75, 3.05) is 19.6 Å². The maximum atomic E-state index is 2.61. The van der Waals surface area contributed by atoms with E-state index in [1.54, 1.807) is 0 Å². The van der Waals surface area contributed by atoms with Crippen LogP contribution in [0.15, 0.2) is 0 Å². The number of hydrogen-bond acceptors (Lipinski definition) is 1. The third-order valence-corrected chi connectivity index (χ3v) is 3.72. The summed E-state index contributed by atoms with van der Waals surface area (Å²) in [4.78, 5) is 2.61. The van der Waals surface area contributed by atoms with Gasteiger partial charge in [0.2, 0.25) is 0 Å². The maximum Gasteiger partial charge on any atom is 0.00299 e. The lowest BCUT2D eigenvalue weighted by Gasteiger charge is -2.28. The van der Waals surface area contributed by atoms with E-state index in [1.807, 2.05) is 0 Å². The van der Waals surface area contributed by atoms with Gasteiger partial charge in [-0.2, -0.15) is 0 Å². The lowest BCUT2D eigenvalue weighted by atomic mass is 9.96. The number of rotatable bonds is 12. The van der Waals surface area contributed by atoms with Crippen LogP contribution in [0.3, 0.4) is 0 Å². The molecule has 0 aromatic rings. The summed E-state index contributed by atoms with van der Waals surface area (Å²) in [6.07, 6.45) is 12.9. The zero-order valence-corrected chi connectivity index (χ0v) is 14.4. The van der Waals surface area contributed by atoms with Crippen LogP contribution in [-0.4, -0.2) is 24.5 Å². The molecule has 0 radical (unpaired) electrons. The van der Waals surface area contributed by atoms with Crippen molar-refractivity contribution in [2.45, 2.75) is 92.4 Å². The molecule has 0 unspecified atom stereocenters. The summed E-state index contributed by atoms with van der Waals surface area (Å²) in [5.74, 6) is 0. The van der Waals surface area contributed by atoms with Crippen molar-refractivity contribution < 1.29 is 0 Å². The van der Waals surface area contributed by atoms with E-state index in [0.29, 0.717) is 5.41 Å². The molecule has 1 nitrogen and oxygen atoms in total. The highest BCUT2D eigenvalue weighted by Crippen LogP contribution is 2.16. The summed E-state index contributed by atoms with van der Waals surface area (Å²) in [5, 5.41) is 0. The molecule has 0 aliphatic carbocycles. The van der Waals surface area contributed by atoms with Gasteiger partial charge in [-0.15, -0.1) is 0 Å². The van der Waals surface area contributed by atoms with Crippen molar-refractivity contribution in [1.29, 1.82) is 0 Å². The Kier molecular flexibility index (Phi) is 11.7. The normalized spacial score (nSPS) is 12.3. The largest absolute Gasteiger partial charge is 0.303 e. The molecular formula is C18H39N. The lowest BCUT2D eigenvalue weighted by molar-refractivity contribution is 0.196. The summed E-state index contributed by atoms with van der Waals surface area (Å²) in [6, 6.07) is 0. The molecule has 116 valence electrons. The minimum absolute atomic E-state index is 0.440. The van der Waals surface area contributed by atoms with Crippen molar-refractivity contribution in [3.8, 4) is 0 Å². The van der Waals surface area contributed by atoms with Gasteiger partial charge >= 0.3 is 0 Å². The first-order valence-corrected chi connectivity index (χ1v) is 8.72. The summed E-state index contributed by atoms with van der Waals surface area (Å²) in [6.45, 7) is 15.3. The lowest BCUT2D eigenvalue weighted by Crippen LogP contribution is -2.33.